The Hall–Kier alpha value is 0.0169. The lowest BCUT2D eigenvalue weighted by molar-refractivity contribution is 0.0685. The third-order valence-electron chi connectivity index (χ3n) is 2.36. The average molecular weight is 265 g/mol. The first-order valence-corrected chi connectivity index (χ1v) is 8.28. The van der Waals surface area contributed by atoms with Gasteiger partial charge in [0.25, 0.3) is 0 Å². The maximum atomic E-state index is 8.92. The van der Waals surface area contributed by atoms with Gasteiger partial charge < -0.3 is 18.4 Å². The predicted octanol–water partition coefficient (Wildman–Crippen LogP) is 1.31. The summed E-state index contributed by atoms with van der Waals surface area (Å²) in [7, 11) is -0.603. The molecule has 0 radical (unpaired) electrons. The molecule has 0 aromatic rings. The molecule has 0 amide bonds. The van der Waals surface area contributed by atoms with Crippen LogP contribution in [0.2, 0.25) is 6.04 Å². The molecule has 17 heavy (non-hydrogen) atoms. The largest absolute Gasteiger partial charge is 0.500 e. The average Bonchev–Trinajstić information content (AvgIpc) is 2.30. The maximum absolute atomic E-state index is 8.92. The second kappa shape index (κ2) is 9.99. The van der Waals surface area contributed by atoms with Crippen LogP contribution in [0.25, 0.3) is 0 Å². The van der Waals surface area contributed by atoms with E-state index in [0.29, 0.717) is 19.8 Å². The van der Waals surface area contributed by atoms with E-state index in [1.165, 1.54) is 0 Å². The summed E-state index contributed by atoms with van der Waals surface area (Å²) in [5.41, 5.74) is 0. The third-order valence-corrected chi connectivity index (χ3v) is 5.51. The van der Waals surface area contributed by atoms with Gasteiger partial charge in [-0.05, 0) is 40.8 Å². The van der Waals surface area contributed by atoms with Crippen molar-refractivity contribution in [1.29, 1.82) is 0 Å². The number of nitrogens with zero attached hydrogens (tertiary/aromatic N) is 1. The van der Waals surface area contributed by atoms with E-state index in [2.05, 4.69) is 0 Å². The summed E-state index contributed by atoms with van der Waals surface area (Å²) in [5, 5.41) is 8.92. The van der Waals surface area contributed by atoms with Crippen LogP contribution < -0.4 is 0 Å². The number of rotatable bonds is 11. The quantitative estimate of drug-likeness (QED) is 0.451. The summed E-state index contributed by atoms with van der Waals surface area (Å²) in [4.78, 5) is 1.85. The fourth-order valence-corrected chi connectivity index (χ4v) is 4.23. The Kier molecular flexibility index (Phi) is 10.00. The summed E-state index contributed by atoms with van der Waals surface area (Å²) in [6.07, 6.45) is 0.906. The summed E-state index contributed by atoms with van der Waals surface area (Å²) in [6, 6.07) is 0.798. The Morgan fingerprint density at radius 2 is 1.47 bits per heavy atom. The standard InChI is InChI=1S/C11H27NO4Si/c1-5-14-17(15-6-2,16-7-3)10-8-9-12(4)11-13/h13H,5-11H2,1-4H3. The van der Waals surface area contributed by atoms with Gasteiger partial charge in [0.05, 0.1) is 6.73 Å². The van der Waals surface area contributed by atoms with Crippen molar-refractivity contribution < 1.29 is 18.4 Å². The van der Waals surface area contributed by atoms with Gasteiger partial charge in [0.1, 0.15) is 0 Å². The van der Waals surface area contributed by atoms with E-state index >= 15 is 0 Å². The first-order chi connectivity index (χ1) is 8.14. The second-order valence-electron chi connectivity index (χ2n) is 3.81. The van der Waals surface area contributed by atoms with E-state index in [1.54, 1.807) is 0 Å². The van der Waals surface area contributed by atoms with Crippen LogP contribution in [-0.2, 0) is 13.3 Å². The highest BCUT2D eigenvalue weighted by Crippen LogP contribution is 2.18. The van der Waals surface area contributed by atoms with Crippen molar-refractivity contribution in [3.63, 3.8) is 0 Å². The molecule has 0 aliphatic carbocycles. The molecule has 0 aromatic heterocycles. The maximum Gasteiger partial charge on any atom is 0.500 e. The fourth-order valence-electron chi connectivity index (χ4n) is 1.64. The van der Waals surface area contributed by atoms with Crippen LogP contribution in [0, 0.1) is 0 Å². The number of aliphatic hydroxyl groups excluding tert-OH is 1. The van der Waals surface area contributed by atoms with Crippen molar-refractivity contribution in [2.24, 2.45) is 0 Å². The summed E-state index contributed by atoms with van der Waals surface area (Å²) < 4.78 is 17.2. The molecular formula is C11H27NO4Si. The van der Waals surface area contributed by atoms with E-state index in [9.17, 15) is 0 Å². The van der Waals surface area contributed by atoms with Crippen LogP contribution in [0.15, 0.2) is 0 Å². The van der Waals surface area contributed by atoms with E-state index in [0.717, 1.165) is 19.0 Å². The van der Waals surface area contributed by atoms with Gasteiger partial charge in [-0.2, -0.15) is 0 Å². The highest BCUT2D eigenvalue weighted by Gasteiger charge is 2.39. The molecule has 0 saturated carbocycles. The van der Waals surface area contributed by atoms with Crippen LogP contribution in [0.4, 0.5) is 0 Å². The van der Waals surface area contributed by atoms with Crippen molar-refractivity contribution in [3.8, 4) is 0 Å². The zero-order valence-electron chi connectivity index (χ0n) is 11.6. The Balaban J connectivity index is 4.23. The van der Waals surface area contributed by atoms with Gasteiger partial charge in [0.15, 0.2) is 0 Å². The summed E-state index contributed by atoms with van der Waals surface area (Å²) >= 11 is 0. The predicted molar refractivity (Wildman–Crippen MR) is 69.8 cm³/mol. The zero-order valence-corrected chi connectivity index (χ0v) is 12.6. The van der Waals surface area contributed by atoms with Crippen LogP contribution in [0.1, 0.15) is 27.2 Å². The molecule has 0 saturated heterocycles. The number of hydrogen-bond acceptors (Lipinski definition) is 5. The minimum Gasteiger partial charge on any atom is -0.381 e. The Bertz CT molecular complexity index is 166. The first-order valence-electron chi connectivity index (χ1n) is 6.35. The molecule has 0 aliphatic heterocycles. The smallest absolute Gasteiger partial charge is 0.381 e. The van der Waals surface area contributed by atoms with Gasteiger partial charge in [0.2, 0.25) is 0 Å². The Labute approximate surface area is 106 Å². The number of aliphatic hydroxyl groups is 1. The number of hydrogen-bond donors (Lipinski definition) is 1. The molecule has 6 heteroatoms. The van der Waals surface area contributed by atoms with Crippen molar-refractivity contribution >= 4 is 8.80 Å². The molecule has 0 unspecified atom stereocenters. The van der Waals surface area contributed by atoms with Crippen LogP contribution >= 0.6 is 0 Å². The van der Waals surface area contributed by atoms with Crippen LogP contribution in [-0.4, -0.2) is 59.0 Å². The third kappa shape index (κ3) is 7.12. The molecule has 0 heterocycles. The molecule has 0 bridgehead atoms. The molecule has 0 aliphatic rings. The van der Waals surface area contributed by atoms with Crippen LogP contribution in [0.5, 0.6) is 0 Å². The van der Waals surface area contributed by atoms with Crippen LogP contribution in [0.3, 0.4) is 0 Å². The highest BCUT2D eigenvalue weighted by molar-refractivity contribution is 6.60. The molecular weight excluding hydrogens is 238 g/mol. The van der Waals surface area contributed by atoms with Crippen molar-refractivity contribution in [2.45, 2.75) is 33.2 Å². The van der Waals surface area contributed by atoms with Gasteiger partial charge in [-0.25, -0.2) is 0 Å². The lowest BCUT2D eigenvalue weighted by Crippen LogP contribution is -2.46. The van der Waals surface area contributed by atoms with Gasteiger partial charge in [-0.15, -0.1) is 0 Å². The lowest BCUT2D eigenvalue weighted by atomic mass is 10.4. The molecule has 0 fully saturated rings. The first kappa shape index (κ1) is 17.0. The SMILES string of the molecule is CCO[Si](CCCN(C)CO)(OCC)OCC. The normalized spacial score (nSPS) is 12.4. The molecule has 1 N–H and O–H groups in total. The molecule has 104 valence electrons. The summed E-state index contributed by atoms with van der Waals surface area (Å²) in [5.74, 6) is 0. The van der Waals surface area contributed by atoms with Gasteiger partial charge in [0, 0.05) is 25.9 Å². The highest BCUT2D eigenvalue weighted by atomic mass is 28.4. The second-order valence-corrected chi connectivity index (χ2v) is 6.54. The van der Waals surface area contributed by atoms with E-state index in [1.807, 2.05) is 32.7 Å². The van der Waals surface area contributed by atoms with Crippen molar-refractivity contribution in [1.82, 2.24) is 4.90 Å². The van der Waals surface area contributed by atoms with E-state index in [-0.39, 0.29) is 6.73 Å². The molecule has 0 spiro atoms. The Morgan fingerprint density at radius 3 is 1.82 bits per heavy atom. The summed E-state index contributed by atoms with van der Waals surface area (Å²) in [6.45, 7) is 8.61. The minimum absolute atomic E-state index is 0.0759. The molecule has 0 rings (SSSR count). The van der Waals surface area contributed by atoms with Gasteiger partial charge in [-0.1, -0.05) is 0 Å². The lowest BCUT2D eigenvalue weighted by Gasteiger charge is -2.28. The zero-order chi connectivity index (χ0) is 13.1. The van der Waals surface area contributed by atoms with E-state index in [4.69, 9.17) is 18.4 Å². The van der Waals surface area contributed by atoms with Gasteiger partial charge >= 0.3 is 8.80 Å². The minimum atomic E-state index is -2.48. The molecule has 0 aromatic carbocycles. The van der Waals surface area contributed by atoms with E-state index < -0.39 is 8.80 Å². The molecule has 5 nitrogen and oxygen atoms in total. The van der Waals surface area contributed by atoms with Crippen molar-refractivity contribution in [2.75, 3.05) is 40.1 Å². The van der Waals surface area contributed by atoms with Crippen molar-refractivity contribution in [3.05, 3.63) is 0 Å². The topological polar surface area (TPSA) is 51.2 Å². The molecule has 0 atom stereocenters. The van der Waals surface area contributed by atoms with Gasteiger partial charge in [-0.3, -0.25) is 4.90 Å². The monoisotopic (exact) mass is 265 g/mol. The fraction of sp³-hybridized carbons (Fsp3) is 1.00. The Morgan fingerprint density at radius 1 is 1.00 bits per heavy atom.